The summed E-state index contributed by atoms with van der Waals surface area (Å²) >= 11 is 0. The van der Waals surface area contributed by atoms with Gasteiger partial charge in [-0.1, -0.05) is 61.9 Å². The summed E-state index contributed by atoms with van der Waals surface area (Å²) in [6, 6.07) is 15.0. The Hall–Kier alpha value is -3.35. The lowest BCUT2D eigenvalue weighted by Gasteiger charge is -2.22. The fourth-order valence-electron chi connectivity index (χ4n) is 4.86. The number of benzene rings is 2. The van der Waals surface area contributed by atoms with Gasteiger partial charge in [-0.3, -0.25) is 4.79 Å². The quantitative estimate of drug-likeness (QED) is 0.614. The Morgan fingerprint density at radius 2 is 1.66 bits per heavy atom. The molecule has 0 spiro atoms. The number of alkyl carbamates (subject to hydrolysis) is 1. The van der Waals surface area contributed by atoms with Gasteiger partial charge < -0.3 is 20.5 Å². The fraction of sp³-hybridized carbons (Fsp3) is 0.400. The maximum atomic E-state index is 12.6. The van der Waals surface area contributed by atoms with Gasteiger partial charge in [0.25, 0.3) is 0 Å². The summed E-state index contributed by atoms with van der Waals surface area (Å²) in [5.74, 6) is -1.87. The van der Waals surface area contributed by atoms with Crippen molar-refractivity contribution in [3.8, 4) is 11.1 Å². The van der Waals surface area contributed by atoms with Crippen LogP contribution in [0.5, 0.6) is 0 Å². The molecule has 3 unspecified atom stereocenters. The summed E-state index contributed by atoms with van der Waals surface area (Å²) in [7, 11) is 0. The molecule has 1 fully saturated rings. The molecule has 168 valence electrons. The zero-order valence-corrected chi connectivity index (χ0v) is 18.0. The summed E-state index contributed by atoms with van der Waals surface area (Å²) in [4.78, 5) is 36.4. The van der Waals surface area contributed by atoms with Crippen LogP contribution < -0.4 is 10.6 Å². The minimum atomic E-state index is -1.06. The molecule has 2 aliphatic rings. The smallest absolute Gasteiger partial charge is 0.407 e. The first kappa shape index (κ1) is 21.9. The second kappa shape index (κ2) is 9.42. The molecule has 32 heavy (non-hydrogen) atoms. The maximum absolute atomic E-state index is 12.6. The molecule has 0 saturated heterocycles. The molecule has 0 aliphatic heterocycles. The SMILES string of the molecule is CCC(NC(=O)C1CCCC1NC(=O)OCC1c2ccccc2-c2ccccc21)C(=O)O. The normalized spacial score (nSPS) is 20.2. The predicted octanol–water partition coefficient (Wildman–Crippen LogP) is 3.67. The highest BCUT2D eigenvalue weighted by Crippen LogP contribution is 2.44. The van der Waals surface area contributed by atoms with Gasteiger partial charge in [0, 0.05) is 12.0 Å². The second-order valence-electron chi connectivity index (χ2n) is 8.42. The van der Waals surface area contributed by atoms with Gasteiger partial charge in [-0.15, -0.1) is 0 Å². The van der Waals surface area contributed by atoms with Crippen LogP contribution in [0.3, 0.4) is 0 Å². The number of carbonyl (C=O) groups is 3. The second-order valence-corrected chi connectivity index (χ2v) is 8.42. The lowest BCUT2D eigenvalue weighted by molar-refractivity contribution is -0.142. The lowest BCUT2D eigenvalue weighted by atomic mass is 9.98. The Kier molecular flexibility index (Phi) is 6.44. The summed E-state index contributed by atoms with van der Waals surface area (Å²) < 4.78 is 5.59. The van der Waals surface area contributed by atoms with Gasteiger partial charge >= 0.3 is 12.1 Å². The maximum Gasteiger partial charge on any atom is 0.407 e. The van der Waals surface area contributed by atoms with E-state index in [9.17, 15) is 19.5 Å². The number of aliphatic carboxylic acids is 1. The number of hydrogen-bond acceptors (Lipinski definition) is 4. The van der Waals surface area contributed by atoms with Crippen LogP contribution >= 0.6 is 0 Å². The van der Waals surface area contributed by atoms with Crippen LogP contribution in [-0.4, -0.2) is 41.8 Å². The number of fused-ring (bicyclic) bond motifs is 3. The van der Waals surface area contributed by atoms with E-state index in [0.29, 0.717) is 19.3 Å². The number of hydrogen-bond donors (Lipinski definition) is 3. The Morgan fingerprint density at radius 1 is 1.03 bits per heavy atom. The highest BCUT2D eigenvalue weighted by atomic mass is 16.5. The van der Waals surface area contributed by atoms with E-state index in [4.69, 9.17) is 4.74 Å². The lowest BCUT2D eigenvalue weighted by Crippen LogP contribution is -2.48. The van der Waals surface area contributed by atoms with E-state index in [1.807, 2.05) is 24.3 Å². The minimum absolute atomic E-state index is 0.0308. The van der Waals surface area contributed by atoms with Crippen molar-refractivity contribution in [3.63, 3.8) is 0 Å². The summed E-state index contributed by atoms with van der Waals surface area (Å²) in [6.45, 7) is 1.92. The third kappa shape index (κ3) is 4.33. The molecular weight excluding hydrogens is 408 g/mol. The molecule has 3 atom stereocenters. The number of rotatable bonds is 7. The molecule has 2 aromatic carbocycles. The van der Waals surface area contributed by atoms with E-state index in [-0.39, 0.29) is 24.5 Å². The van der Waals surface area contributed by atoms with Crippen molar-refractivity contribution in [2.75, 3.05) is 6.61 Å². The average molecular weight is 437 g/mol. The first-order chi connectivity index (χ1) is 15.5. The molecule has 2 aliphatic carbocycles. The Bertz CT molecular complexity index is 975. The largest absolute Gasteiger partial charge is 0.480 e. The molecule has 3 N–H and O–H groups in total. The van der Waals surface area contributed by atoms with Gasteiger partial charge in [-0.05, 0) is 41.5 Å². The van der Waals surface area contributed by atoms with Gasteiger partial charge in [0.15, 0.2) is 0 Å². The van der Waals surface area contributed by atoms with Gasteiger partial charge in [0.1, 0.15) is 12.6 Å². The molecule has 7 heteroatoms. The zero-order valence-electron chi connectivity index (χ0n) is 18.0. The van der Waals surface area contributed by atoms with Crippen LogP contribution in [0.4, 0.5) is 4.79 Å². The average Bonchev–Trinajstić information content (AvgIpc) is 3.38. The molecule has 7 nitrogen and oxygen atoms in total. The molecule has 0 aromatic heterocycles. The fourth-order valence-corrected chi connectivity index (χ4v) is 4.86. The van der Waals surface area contributed by atoms with Gasteiger partial charge in [-0.25, -0.2) is 9.59 Å². The standard InChI is InChI=1S/C25H28N2O5/c1-2-21(24(29)30)26-23(28)19-12-7-13-22(19)27-25(31)32-14-20-17-10-5-3-8-15(17)16-9-4-6-11-18(16)20/h3-6,8-11,19-22H,2,7,12-14H2,1H3,(H,26,28)(H,27,31)(H,29,30). The highest BCUT2D eigenvalue weighted by molar-refractivity contribution is 5.86. The third-order valence-electron chi connectivity index (χ3n) is 6.52. The van der Waals surface area contributed by atoms with E-state index in [0.717, 1.165) is 28.7 Å². The van der Waals surface area contributed by atoms with Crippen molar-refractivity contribution >= 4 is 18.0 Å². The van der Waals surface area contributed by atoms with E-state index in [2.05, 4.69) is 34.9 Å². The summed E-state index contributed by atoms with van der Waals surface area (Å²) in [5, 5.41) is 14.6. The van der Waals surface area contributed by atoms with Crippen LogP contribution in [0.15, 0.2) is 48.5 Å². The van der Waals surface area contributed by atoms with E-state index >= 15 is 0 Å². The van der Waals surface area contributed by atoms with Crippen molar-refractivity contribution < 1.29 is 24.2 Å². The molecule has 2 amide bonds. The molecule has 0 bridgehead atoms. The third-order valence-corrected chi connectivity index (χ3v) is 6.52. The summed E-state index contributed by atoms with van der Waals surface area (Å²) in [6.07, 6.45) is 1.80. The van der Waals surface area contributed by atoms with Crippen LogP contribution in [-0.2, 0) is 14.3 Å². The molecule has 0 radical (unpaired) electrons. The highest BCUT2D eigenvalue weighted by Gasteiger charge is 2.36. The van der Waals surface area contributed by atoms with Gasteiger partial charge in [0.05, 0.1) is 5.92 Å². The summed E-state index contributed by atoms with van der Waals surface area (Å²) in [5.41, 5.74) is 4.60. The van der Waals surface area contributed by atoms with Crippen molar-refractivity contribution in [1.82, 2.24) is 10.6 Å². The number of carboxylic acid groups (broad SMARTS) is 1. The van der Waals surface area contributed by atoms with Crippen LogP contribution in [0, 0.1) is 5.92 Å². The topological polar surface area (TPSA) is 105 Å². The molecule has 4 rings (SSSR count). The number of carboxylic acids is 1. The van der Waals surface area contributed by atoms with Gasteiger partial charge in [0.2, 0.25) is 5.91 Å². The van der Waals surface area contributed by atoms with Crippen molar-refractivity contribution in [2.45, 2.75) is 50.6 Å². The number of nitrogens with one attached hydrogen (secondary N) is 2. The molecule has 2 aromatic rings. The Balaban J connectivity index is 1.37. The van der Waals surface area contributed by atoms with Crippen LogP contribution in [0.1, 0.15) is 49.7 Å². The Labute approximate surface area is 187 Å². The van der Waals surface area contributed by atoms with Crippen LogP contribution in [0.25, 0.3) is 11.1 Å². The predicted molar refractivity (Wildman–Crippen MR) is 119 cm³/mol. The van der Waals surface area contributed by atoms with Crippen molar-refractivity contribution in [3.05, 3.63) is 59.7 Å². The first-order valence-corrected chi connectivity index (χ1v) is 11.1. The van der Waals surface area contributed by atoms with E-state index in [1.54, 1.807) is 6.92 Å². The zero-order chi connectivity index (χ0) is 22.7. The first-order valence-electron chi connectivity index (χ1n) is 11.1. The van der Waals surface area contributed by atoms with E-state index < -0.39 is 24.0 Å². The number of carbonyl (C=O) groups excluding carboxylic acids is 2. The van der Waals surface area contributed by atoms with Gasteiger partial charge in [-0.2, -0.15) is 0 Å². The van der Waals surface area contributed by atoms with E-state index in [1.165, 1.54) is 0 Å². The number of ether oxygens (including phenoxy) is 1. The Morgan fingerprint density at radius 3 is 2.25 bits per heavy atom. The molecule has 1 saturated carbocycles. The number of amides is 2. The van der Waals surface area contributed by atoms with Crippen molar-refractivity contribution in [2.24, 2.45) is 5.92 Å². The minimum Gasteiger partial charge on any atom is -0.480 e. The monoisotopic (exact) mass is 436 g/mol. The van der Waals surface area contributed by atoms with Crippen molar-refractivity contribution in [1.29, 1.82) is 0 Å². The molecular formula is C25H28N2O5. The van der Waals surface area contributed by atoms with Crippen LogP contribution in [0.2, 0.25) is 0 Å². The molecule has 0 heterocycles.